The second-order valence-electron chi connectivity index (χ2n) is 4.50. The highest BCUT2D eigenvalue weighted by molar-refractivity contribution is 5.78. The first-order chi connectivity index (χ1) is 10.1. The quantitative estimate of drug-likeness (QED) is 0.619. The molecule has 0 spiro atoms. The summed E-state index contributed by atoms with van der Waals surface area (Å²) in [6.07, 6.45) is 0. The number of hydrogen-bond donors (Lipinski definition) is 2. The van der Waals surface area contributed by atoms with E-state index < -0.39 is 4.92 Å². The van der Waals surface area contributed by atoms with Gasteiger partial charge in [-0.05, 0) is 12.1 Å². The van der Waals surface area contributed by atoms with Gasteiger partial charge in [-0.2, -0.15) is 4.98 Å². The van der Waals surface area contributed by atoms with Crippen molar-refractivity contribution in [1.29, 1.82) is 0 Å². The van der Waals surface area contributed by atoms with E-state index in [9.17, 15) is 14.9 Å². The van der Waals surface area contributed by atoms with E-state index in [1.165, 1.54) is 12.1 Å². The van der Waals surface area contributed by atoms with E-state index in [2.05, 4.69) is 20.8 Å². The average Bonchev–Trinajstić information content (AvgIpc) is 2.98. The maximum absolute atomic E-state index is 11.1. The summed E-state index contributed by atoms with van der Waals surface area (Å²) in [5.74, 6) is 0.628. The zero-order valence-corrected chi connectivity index (χ0v) is 10.8. The van der Waals surface area contributed by atoms with E-state index in [0.717, 1.165) is 0 Å². The zero-order chi connectivity index (χ0) is 14.8. The third-order valence-electron chi connectivity index (χ3n) is 3.09. The molecule has 1 aromatic carbocycles. The number of carbonyl (C=O) groups is 1. The Labute approximate surface area is 118 Å². The molecule has 1 saturated heterocycles. The standard InChI is InChI=1S/C12H11N5O4/c18-10-6-13-9(5-14-10)12-15-11(16-21-12)7-1-3-8(4-2-7)17(19)20/h1-4,9,13H,5-6H2,(H,14,18). The monoisotopic (exact) mass is 289 g/mol. The molecule has 1 atom stereocenters. The van der Waals surface area contributed by atoms with Crippen LogP contribution < -0.4 is 10.6 Å². The smallest absolute Gasteiger partial charge is 0.269 e. The van der Waals surface area contributed by atoms with Gasteiger partial charge >= 0.3 is 0 Å². The van der Waals surface area contributed by atoms with E-state index in [1.807, 2.05) is 0 Å². The molecular formula is C12H11N5O4. The third kappa shape index (κ3) is 2.72. The van der Waals surface area contributed by atoms with E-state index in [0.29, 0.717) is 23.8 Å². The highest BCUT2D eigenvalue weighted by Crippen LogP contribution is 2.21. The van der Waals surface area contributed by atoms with Gasteiger partial charge in [0.15, 0.2) is 0 Å². The molecule has 0 saturated carbocycles. The summed E-state index contributed by atoms with van der Waals surface area (Å²) < 4.78 is 5.16. The number of aromatic nitrogens is 2. The first kappa shape index (κ1) is 13.2. The molecule has 2 N–H and O–H groups in total. The van der Waals surface area contributed by atoms with Crippen LogP contribution in [0.1, 0.15) is 11.9 Å². The zero-order valence-electron chi connectivity index (χ0n) is 10.8. The number of nitro groups is 1. The van der Waals surface area contributed by atoms with Gasteiger partial charge in [-0.15, -0.1) is 0 Å². The van der Waals surface area contributed by atoms with E-state index in [1.54, 1.807) is 12.1 Å². The van der Waals surface area contributed by atoms with Crippen molar-refractivity contribution in [3.8, 4) is 11.4 Å². The topological polar surface area (TPSA) is 123 Å². The summed E-state index contributed by atoms with van der Waals surface area (Å²) in [4.78, 5) is 25.4. The van der Waals surface area contributed by atoms with Crippen molar-refractivity contribution in [2.45, 2.75) is 6.04 Å². The van der Waals surface area contributed by atoms with E-state index >= 15 is 0 Å². The van der Waals surface area contributed by atoms with Crippen LogP contribution in [0.5, 0.6) is 0 Å². The maximum atomic E-state index is 11.1. The SMILES string of the molecule is O=C1CNC(c2nc(-c3ccc([N+](=O)[O-])cc3)no2)CN1. The molecule has 1 fully saturated rings. The van der Waals surface area contributed by atoms with Gasteiger partial charge < -0.3 is 9.84 Å². The van der Waals surface area contributed by atoms with E-state index in [-0.39, 0.29) is 24.2 Å². The van der Waals surface area contributed by atoms with Crippen LogP contribution in [0.3, 0.4) is 0 Å². The molecule has 1 aliphatic rings. The largest absolute Gasteiger partial charge is 0.353 e. The summed E-state index contributed by atoms with van der Waals surface area (Å²) in [7, 11) is 0. The molecule has 0 radical (unpaired) electrons. The Hall–Kier alpha value is -2.81. The van der Waals surface area contributed by atoms with Crippen LogP contribution >= 0.6 is 0 Å². The molecule has 0 aliphatic carbocycles. The number of benzene rings is 1. The van der Waals surface area contributed by atoms with Crippen molar-refractivity contribution in [3.63, 3.8) is 0 Å². The summed E-state index contributed by atoms with van der Waals surface area (Å²) in [6, 6.07) is 5.64. The molecule has 3 rings (SSSR count). The minimum atomic E-state index is -0.472. The molecule has 0 bridgehead atoms. The Morgan fingerprint density at radius 2 is 2.10 bits per heavy atom. The lowest BCUT2D eigenvalue weighted by molar-refractivity contribution is -0.384. The summed E-state index contributed by atoms with van der Waals surface area (Å²) in [5, 5.41) is 20.1. The van der Waals surface area contributed by atoms with Crippen molar-refractivity contribution in [2.75, 3.05) is 13.1 Å². The molecule has 21 heavy (non-hydrogen) atoms. The Morgan fingerprint density at radius 1 is 1.33 bits per heavy atom. The number of rotatable bonds is 3. The highest BCUT2D eigenvalue weighted by atomic mass is 16.6. The number of non-ortho nitro benzene ring substituents is 1. The molecule has 1 unspecified atom stereocenters. The lowest BCUT2D eigenvalue weighted by atomic mass is 10.2. The first-order valence-electron chi connectivity index (χ1n) is 6.22. The van der Waals surface area contributed by atoms with Crippen LogP contribution in [-0.2, 0) is 4.79 Å². The Morgan fingerprint density at radius 3 is 2.71 bits per heavy atom. The van der Waals surface area contributed by atoms with Crippen LogP contribution in [0.25, 0.3) is 11.4 Å². The van der Waals surface area contributed by atoms with Crippen molar-refractivity contribution in [3.05, 3.63) is 40.3 Å². The van der Waals surface area contributed by atoms with Gasteiger partial charge in [0, 0.05) is 24.2 Å². The third-order valence-corrected chi connectivity index (χ3v) is 3.09. The second kappa shape index (κ2) is 5.29. The number of nitrogens with one attached hydrogen (secondary N) is 2. The van der Waals surface area contributed by atoms with Crippen LogP contribution in [0.2, 0.25) is 0 Å². The van der Waals surface area contributed by atoms with Crippen LogP contribution in [0.4, 0.5) is 5.69 Å². The fourth-order valence-electron chi connectivity index (χ4n) is 1.97. The summed E-state index contributed by atoms with van der Waals surface area (Å²) >= 11 is 0. The number of carbonyl (C=O) groups excluding carboxylic acids is 1. The minimum absolute atomic E-state index is 0.000807. The van der Waals surface area contributed by atoms with Gasteiger partial charge in [0.05, 0.1) is 11.5 Å². The van der Waals surface area contributed by atoms with Crippen LogP contribution in [0.15, 0.2) is 28.8 Å². The van der Waals surface area contributed by atoms with Gasteiger partial charge in [-0.1, -0.05) is 5.16 Å². The molecular weight excluding hydrogens is 278 g/mol. The minimum Gasteiger partial charge on any atom is -0.353 e. The van der Waals surface area contributed by atoms with Crippen molar-refractivity contribution < 1.29 is 14.2 Å². The summed E-state index contributed by atoms with van der Waals surface area (Å²) in [5.41, 5.74) is 0.620. The lowest BCUT2D eigenvalue weighted by Crippen LogP contribution is -2.47. The number of nitrogens with zero attached hydrogens (tertiary/aromatic N) is 3. The molecule has 1 amide bonds. The Kier molecular flexibility index (Phi) is 3.32. The lowest BCUT2D eigenvalue weighted by Gasteiger charge is -2.20. The van der Waals surface area contributed by atoms with Gasteiger partial charge in [0.25, 0.3) is 5.69 Å². The molecule has 9 nitrogen and oxygen atoms in total. The normalized spacial score (nSPS) is 18.3. The fraction of sp³-hybridized carbons (Fsp3) is 0.250. The Balaban J connectivity index is 1.78. The second-order valence-corrected chi connectivity index (χ2v) is 4.50. The highest BCUT2D eigenvalue weighted by Gasteiger charge is 2.24. The van der Waals surface area contributed by atoms with Crippen molar-refractivity contribution in [1.82, 2.24) is 20.8 Å². The fourth-order valence-corrected chi connectivity index (χ4v) is 1.97. The number of hydrogen-bond acceptors (Lipinski definition) is 7. The molecule has 9 heteroatoms. The molecule has 2 heterocycles. The van der Waals surface area contributed by atoms with Gasteiger partial charge in [0.1, 0.15) is 6.04 Å². The molecule has 1 aromatic heterocycles. The predicted octanol–water partition coefficient (Wildman–Crippen LogP) is 0.405. The van der Waals surface area contributed by atoms with Gasteiger partial charge in [-0.25, -0.2) is 0 Å². The number of amides is 1. The molecule has 1 aliphatic heterocycles. The summed E-state index contributed by atoms with van der Waals surface area (Å²) in [6.45, 7) is 0.570. The number of nitro benzene ring substituents is 1. The molecule has 108 valence electrons. The van der Waals surface area contributed by atoms with Crippen LogP contribution in [-0.4, -0.2) is 34.1 Å². The van der Waals surface area contributed by atoms with Gasteiger partial charge in [-0.3, -0.25) is 20.2 Å². The van der Waals surface area contributed by atoms with Gasteiger partial charge in [0.2, 0.25) is 17.6 Å². The van der Waals surface area contributed by atoms with Crippen LogP contribution in [0, 0.1) is 10.1 Å². The Bertz CT molecular complexity index is 671. The first-order valence-corrected chi connectivity index (χ1v) is 6.22. The number of piperazine rings is 1. The predicted molar refractivity (Wildman–Crippen MR) is 70.1 cm³/mol. The van der Waals surface area contributed by atoms with E-state index in [4.69, 9.17) is 4.52 Å². The molecule has 2 aromatic rings. The average molecular weight is 289 g/mol. The van der Waals surface area contributed by atoms with Crippen molar-refractivity contribution >= 4 is 11.6 Å². The van der Waals surface area contributed by atoms with Crippen molar-refractivity contribution in [2.24, 2.45) is 0 Å². The maximum Gasteiger partial charge on any atom is 0.269 e.